The lowest BCUT2D eigenvalue weighted by Crippen LogP contribution is -2.50. The summed E-state index contributed by atoms with van der Waals surface area (Å²) in [7, 11) is 34.9. The Kier molecular flexibility index (Phi) is 9.16. The topological polar surface area (TPSA) is 13.1 Å². The van der Waals surface area contributed by atoms with E-state index in [9.17, 15) is 0 Å². The van der Waals surface area contributed by atoms with Gasteiger partial charge in [0.25, 0.3) is 0 Å². The van der Waals surface area contributed by atoms with Crippen LogP contribution in [0.1, 0.15) is 0 Å². The lowest BCUT2D eigenvalue weighted by molar-refractivity contribution is 0.675. The van der Waals surface area contributed by atoms with E-state index >= 15 is 0 Å². The van der Waals surface area contributed by atoms with Crippen molar-refractivity contribution in [3.05, 3.63) is 66.7 Å². The Morgan fingerprint density at radius 2 is 0.621 bits per heavy atom. The van der Waals surface area contributed by atoms with Crippen LogP contribution >= 0.6 is 0 Å². The maximum absolute atomic E-state index is 6.97. The Morgan fingerprint density at radius 1 is 0.259 bits per heavy atom. The lowest BCUT2D eigenvalue weighted by atomic mass is 9.58. The maximum Gasteiger partial charge on any atom is 0.143 e. The van der Waals surface area contributed by atoms with E-state index in [1.807, 2.05) is 0 Å². The van der Waals surface area contributed by atoms with Crippen LogP contribution in [-0.2, 0) is 0 Å². The Hall–Kier alpha value is -4.69. The first-order valence-electron chi connectivity index (χ1n) is 21.1. The summed E-state index contributed by atoms with van der Waals surface area (Å²) in [5.74, 6) is 0. The molecule has 0 spiro atoms. The predicted molar refractivity (Wildman–Crippen MR) is 305 cm³/mol. The second-order valence-electron chi connectivity index (χ2n) is 17.6. The summed E-state index contributed by atoms with van der Waals surface area (Å²) >= 11 is 0. The van der Waals surface area contributed by atoms with Crippen LogP contribution < -0.4 is 81.9 Å². The molecule has 0 amide bonds. The quantitative estimate of drug-likeness (QED) is 0.131. The van der Waals surface area contributed by atoms with E-state index in [1.165, 1.54) is 158 Å². The summed E-state index contributed by atoms with van der Waals surface area (Å²) in [6.07, 6.45) is 0. The number of rotatable bonds is 3. The third-order valence-electron chi connectivity index (χ3n) is 15.2. The molecule has 1 heterocycles. The number of hydrogen-bond acceptors (Lipinski definition) is 1. The molecule has 260 valence electrons. The van der Waals surface area contributed by atoms with Crippen molar-refractivity contribution in [1.82, 2.24) is 0 Å². The minimum Gasteiger partial charge on any atom is -0.457 e. The van der Waals surface area contributed by atoms with Gasteiger partial charge in [0.2, 0.25) is 0 Å². The van der Waals surface area contributed by atoms with Crippen LogP contribution in [0.25, 0.3) is 87.6 Å². The molecule has 0 atom stereocenters. The lowest BCUT2D eigenvalue weighted by Gasteiger charge is -2.30. The molecule has 8 aromatic carbocycles. The van der Waals surface area contributed by atoms with Gasteiger partial charge in [-0.1, -0.05) is 121 Å². The Morgan fingerprint density at radius 3 is 1.12 bits per heavy atom. The largest absolute Gasteiger partial charge is 0.457 e. The molecular formula is C42H41B15O. The molecule has 0 saturated carbocycles. The summed E-state index contributed by atoms with van der Waals surface area (Å²) in [5.41, 5.74) is 30.0. The molecule has 1 nitrogen and oxygen atoms in total. The Balaban J connectivity index is 1.58. The van der Waals surface area contributed by atoms with Crippen LogP contribution in [0.2, 0.25) is 0 Å². The van der Waals surface area contributed by atoms with Crippen LogP contribution in [0.5, 0.6) is 0 Å². The molecule has 1 aromatic heterocycles. The van der Waals surface area contributed by atoms with Crippen LogP contribution in [0.15, 0.2) is 71.1 Å². The van der Waals surface area contributed by atoms with Gasteiger partial charge in [-0.25, -0.2) is 0 Å². The molecule has 0 radical (unpaired) electrons. The standard InChI is InChI=1S/C42H41B15O/c43-26-23(31(48)39(56)41-24(26)25-32(49)37(54)38(55)40(57)42(25)58-41)18-21-19(27(44)33(50)35(52)29(21)46)17(20-22(18)30(47)36(53)34(51)28(20)45)16-11-10-13(12-6-2-1-3-7-12)14-8-4-5-9-15(14)16/h1-11H,43-57H2. The summed E-state index contributed by atoms with van der Waals surface area (Å²) in [6, 6.07) is 24.7. The zero-order valence-electron chi connectivity index (χ0n) is 37.3. The molecule has 9 rings (SSSR count). The molecule has 58 heavy (non-hydrogen) atoms. The Labute approximate surface area is 356 Å². The van der Waals surface area contributed by atoms with E-state index in [1.54, 1.807) is 0 Å². The zero-order chi connectivity index (χ0) is 41.4. The molecule has 9 aromatic rings. The van der Waals surface area contributed by atoms with Gasteiger partial charge in [-0.15, -0.1) is 27.3 Å². The number of benzene rings is 8. The van der Waals surface area contributed by atoms with E-state index in [4.69, 9.17) is 4.42 Å². The van der Waals surface area contributed by atoms with Crippen molar-refractivity contribution in [1.29, 1.82) is 0 Å². The summed E-state index contributed by atoms with van der Waals surface area (Å²) in [5, 5.41) is 10.6. The van der Waals surface area contributed by atoms with Crippen molar-refractivity contribution < 1.29 is 4.42 Å². The van der Waals surface area contributed by atoms with Crippen molar-refractivity contribution in [2.75, 3.05) is 0 Å². The fraction of sp³-hybridized carbons (Fsp3) is 0. The van der Waals surface area contributed by atoms with E-state index in [2.05, 4.69) is 184 Å². The van der Waals surface area contributed by atoms with Gasteiger partial charge in [0, 0.05) is 10.8 Å². The van der Waals surface area contributed by atoms with Crippen molar-refractivity contribution >= 4 is 254 Å². The summed E-state index contributed by atoms with van der Waals surface area (Å²) in [4.78, 5) is 0. The molecule has 0 aliphatic rings. The van der Waals surface area contributed by atoms with Crippen molar-refractivity contribution in [2.24, 2.45) is 0 Å². The molecule has 16 heteroatoms. The molecule has 0 fully saturated rings. The first-order chi connectivity index (χ1) is 27.6. The zero-order valence-corrected chi connectivity index (χ0v) is 37.3. The third kappa shape index (κ3) is 5.12. The number of furan rings is 1. The predicted octanol–water partition coefficient (Wildman–Crippen LogP) is -14.1. The van der Waals surface area contributed by atoms with Gasteiger partial charge in [0.05, 0.1) is 0 Å². The minimum absolute atomic E-state index is 1.03. The summed E-state index contributed by atoms with van der Waals surface area (Å²) < 4.78 is 6.97. The average molecular weight is 724 g/mol. The smallest absolute Gasteiger partial charge is 0.143 e. The highest BCUT2D eigenvalue weighted by molar-refractivity contribution is 6.73. The monoisotopic (exact) mass is 726 g/mol. The van der Waals surface area contributed by atoms with Gasteiger partial charge >= 0.3 is 0 Å². The van der Waals surface area contributed by atoms with Gasteiger partial charge < -0.3 is 4.42 Å². The second kappa shape index (κ2) is 13.7. The molecular weight excluding hydrogens is 683 g/mol. The summed E-state index contributed by atoms with van der Waals surface area (Å²) in [6.45, 7) is 0. The fourth-order valence-electron chi connectivity index (χ4n) is 10.8. The van der Waals surface area contributed by atoms with Crippen LogP contribution in [0.3, 0.4) is 0 Å². The van der Waals surface area contributed by atoms with E-state index in [0.717, 1.165) is 11.2 Å². The SMILES string of the molecule is Bc1c(B)c(B)c2c(oc3c(B)c(B)c(-c4c5c(B)c(B)c(B)c(B)c5c(-c5ccc(-c6ccccc6)c6ccccc56)c5c(B)c(B)c(B)c(B)c45)c(B)c32)c1B. The van der Waals surface area contributed by atoms with Crippen molar-refractivity contribution in [3.8, 4) is 33.4 Å². The fourth-order valence-corrected chi connectivity index (χ4v) is 10.8. The normalized spacial score (nSPS) is 11.8. The minimum atomic E-state index is 1.03. The third-order valence-corrected chi connectivity index (χ3v) is 15.2. The van der Waals surface area contributed by atoms with Crippen LogP contribution in [-0.4, -0.2) is 118 Å². The molecule has 0 N–H and O–H groups in total. The van der Waals surface area contributed by atoms with E-state index in [0.29, 0.717) is 0 Å². The first kappa shape index (κ1) is 38.8. The molecule has 0 unspecified atom stereocenters. The van der Waals surface area contributed by atoms with Gasteiger partial charge in [-0.05, 0) is 65.7 Å². The van der Waals surface area contributed by atoms with E-state index in [-0.39, 0.29) is 0 Å². The van der Waals surface area contributed by atoms with Crippen molar-refractivity contribution in [2.45, 2.75) is 0 Å². The number of fused-ring (bicyclic) bond motifs is 6. The highest BCUT2D eigenvalue weighted by Crippen LogP contribution is 2.44. The van der Waals surface area contributed by atoms with Crippen LogP contribution in [0.4, 0.5) is 0 Å². The highest BCUT2D eigenvalue weighted by atomic mass is 16.3. The molecule has 0 aliphatic heterocycles. The van der Waals surface area contributed by atoms with Gasteiger partial charge in [0.15, 0.2) is 0 Å². The van der Waals surface area contributed by atoms with Gasteiger partial charge in [-0.2, -0.15) is 0 Å². The van der Waals surface area contributed by atoms with Gasteiger partial charge in [-0.3, -0.25) is 0 Å². The maximum atomic E-state index is 6.97. The van der Waals surface area contributed by atoms with Gasteiger partial charge in [0.1, 0.15) is 129 Å². The molecule has 0 bridgehead atoms. The Bertz CT molecular complexity index is 3260. The molecule has 0 saturated heterocycles. The highest BCUT2D eigenvalue weighted by Gasteiger charge is 2.29. The first-order valence-corrected chi connectivity index (χ1v) is 21.1. The molecule has 0 aliphatic carbocycles. The average Bonchev–Trinajstić information content (AvgIpc) is 3.65. The van der Waals surface area contributed by atoms with Crippen LogP contribution in [0, 0.1) is 0 Å². The van der Waals surface area contributed by atoms with E-state index < -0.39 is 0 Å². The second-order valence-corrected chi connectivity index (χ2v) is 17.6. The number of hydrogen-bond donors (Lipinski definition) is 0. The van der Waals surface area contributed by atoms with Crippen molar-refractivity contribution in [3.63, 3.8) is 0 Å².